The normalized spacial score (nSPS) is 20.4. The average Bonchev–Trinajstić information content (AvgIpc) is 2.47. The molecule has 0 amide bonds. The molecule has 0 spiro atoms. The Balaban J connectivity index is 2.39. The Hall–Kier alpha value is -0.725. The van der Waals surface area contributed by atoms with Gasteiger partial charge in [-0.15, -0.1) is 0 Å². The first-order chi connectivity index (χ1) is 8.68. The van der Waals surface area contributed by atoms with Gasteiger partial charge in [0, 0.05) is 0 Å². The summed E-state index contributed by atoms with van der Waals surface area (Å²) in [4.78, 5) is 0. The maximum Gasteiger partial charge on any atom is 0.494 e. The molecule has 100 valence electrons. The van der Waals surface area contributed by atoms with E-state index in [1.165, 1.54) is 0 Å². The van der Waals surface area contributed by atoms with E-state index in [0.717, 1.165) is 0 Å². The van der Waals surface area contributed by atoms with Crippen LogP contribution in [0.5, 0.6) is 0 Å². The highest BCUT2D eigenvalue weighted by molar-refractivity contribution is 6.63. The largest absolute Gasteiger partial charge is 0.494 e. The first-order valence-electron chi connectivity index (χ1n) is 5.92. The van der Waals surface area contributed by atoms with Crippen molar-refractivity contribution in [1.82, 2.24) is 0 Å². The molecule has 0 aliphatic carbocycles. The van der Waals surface area contributed by atoms with Gasteiger partial charge in [-0.1, -0.05) is 23.2 Å². The summed E-state index contributed by atoms with van der Waals surface area (Å²) in [5, 5.41) is 9.55. The number of hydrogen-bond acceptors (Lipinski definition) is 3. The van der Waals surface area contributed by atoms with E-state index in [1.807, 2.05) is 33.8 Å². The van der Waals surface area contributed by atoms with Crippen LogP contribution >= 0.6 is 23.2 Å². The Bertz CT molecular complexity index is 527. The summed E-state index contributed by atoms with van der Waals surface area (Å²) in [5.41, 5.74) is 0.130. The molecule has 0 unspecified atom stereocenters. The Morgan fingerprint density at radius 2 is 1.47 bits per heavy atom. The molecule has 1 heterocycles. The molecule has 1 fully saturated rings. The van der Waals surface area contributed by atoms with E-state index in [-0.39, 0.29) is 5.56 Å². The minimum atomic E-state index is -0.534. The third-order valence-electron chi connectivity index (χ3n) is 3.70. The zero-order chi connectivity index (χ0) is 14.4. The molecule has 1 aliphatic heterocycles. The molecule has 0 bridgehead atoms. The van der Waals surface area contributed by atoms with E-state index in [1.54, 1.807) is 12.1 Å². The van der Waals surface area contributed by atoms with E-state index in [9.17, 15) is 0 Å². The summed E-state index contributed by atoms with van der Waals surface area (Å²) in [5.74, 6) is 0. The topological polar surface area (TPSA) is 42.2 Å². The third kappa shape index (κ3) is 2.48. The second-order valence-electron chi connectivity index (χ2n) is 5.56. The SMILES string of the molecule is CC1(C)OB(c2cc(Cl)c(C#N)c(Cl)c2)OC1(C)C. The molecule has 6 heteroatoms. The highest BCUT2D eigenvalue weighted by atomic mass is 35.5. The van der Waals surface area contributed by atoms with Gasteiger partial charge in [0.1, 0.15) is 6.07 Å². The van der Waals surface area contributed by atoms with Crippen LogP contribution < -0.4 is 5.46 Å². The minimum Gasteiger partial charge on any atom is -0.399 e. The Labute approximate surface area is 123 Å². The fraction of sp³-hybridized carbons (Fsp3) is 0.462. The monoisotopic (exact) mass is 297 g/mol. The zero-order valence-electron chi connectivity index (χ0n) is 11.3. The zero-order valence-corrected chi connectivity index (χ0v) is 12.8. The van der Waals surface area contributed by atoms with Crippen LogP contribution in [-0.4, -0.2) is 18.3 Å². The quantitative estimate of drug-likeness (QED) is 0.748. The van der Waals surface area contributed by atoms with Gasteiger partial charge in [-0.25, -0.2) is 0 Å². The van der Waals surface area contributed by atoms with Crippen molar-refractivity contribution in [2.45, 2.75) is 38.9 Å². The molecule has 1 aliphatic rings. The molecular formula is C13H14BCl2NO2. The first kappa shape index (κ1) is 14.7. The Morgan fingerprint density at radius 3 is 1.84 bits per heavy atom. The smallest absolute Gasteiger partial charge is 0.399 e. The lowest BCUT2D eigenvalue weighted by atomic mass is 9.79. The highest BCUT2D eigenvalue weighted by Crippen LogP contribution is 2.37. The van der Waals surface area contributed by atoms with Crippen LogP contribution in [0.25, 0.3) is 0 Å². The molecule has 19 heavy (non-hydrogen) atoms. The van der Waals surface area contributed by atoms with Crippen molar-refractivity contribution in [3.05, 3.63) is 27.7 Å². The summed E-state index contributed by atoms with van der Waals surface area (Å²) >= 11 is 12.1. The molecule has 0 radical (unpaired) electrons. The number of hydrogen-bond donors (Lipinski definition) is 0. The molecule has 3 nitrogen and oxygen atoms in total. The number of nitrogens with zero attached hydrogens (tertiary/aromatic N) is 1. The van der Waals surface area contributed by atoms with Crippen LogP contribution in [-0.2, 0) is 9.31 Å². The first-order valence-corrected chi connectivity index (χ1v) is 6.68. The van der Waals surface area contributed by atoms with Crippen LogP contribution in [0.15, 0.2) is 12.1 Å². The summed E-state index contributed by atoms with van der Waals surface area (Å²) in [6, 6.07) is 5.29. The Morgan fingerprint density at radius 1 is 1.05 bits per heavy atom. The lowest BCUT2D eigenvalue weighted by molar-refractivity contribution is 0.00578. The summed E-state index contributed by atoms with van der Waals surface area (Å²) in [6.45, 7) is 7.89. The predicted molar refractivity (Wildman–Crippen MR) is 76.9 cm³/mol. The molecule has 0 N–H and O–H groups in total. The average molecular weight is 298 g/mol. The number of halogens is 2. The second kappa shape index (κ2) is 4.68. The summed E-state index contributed by atoms with van der Waals surface area (Å²) < 4.78 is 11.8. The van der Waals surface area contributed by atoms with Gasteiger partial charge in [0.2, 0.25) is 0 Å². The molecular weight excluding hydrogens is 284 g/mol. The van der Waals surface area contributed by atoms with Crippen molar-refractivity contribution in [1.29, 1.82) is 5.26 Å². The van der Waals surface area contributed by atoms with Crippen molar-refractivity contribution in [2.75, 3.05) is 0 Å². The van der Waals surface area contributed by atoms with E-state index in [4.69, 9.17) is 37.8 Å². The summed E-state index contributed by atoms with van der Waals surface area (Å²) in [6.07, 6.45) is 0. The summed E-state index contributed by atoms with van der Waals surface area (Å²) in [7, 11) is -0.534. The van der Waals surface area contributed by atoms with Crippen molar-refractivity contribution < 1.29 is 9.31 Å². The van der Waals surface area contributed by atoms with Crippen molar-refractivity contribution in [3.63, 3.8) is 0 Å². The fourth-order valence-corrected chi connectivity index (χ4v) is 2.40. The lowest BCUT2D eigenvalue weighted by Gasteiger charge is -2.32. The number of benzene rings is 1. The second-order valence-corrected chi connectivity index (χ2v) is 6.37. The van der Waals surface area contributed by atoms with Gasteiger partial charge in [-0.05, 0) is 45.3 Å². The number of nitriles is 1. The third-order valence-corrected chi connectivity index (χ3v) is 4.30. The van der Waals surface area contributed by atoms with Crippen LogP contribution in [0.1, 0.15) is 33.3 Å². The number of rotatable bonds is 1. The van der Waals surface area contributed by atoms with Crippen molar-refractivity contribution >= 4 is 35.8 Å². The standard InChI is InChI=1S/C13H14BCl2NO2/c1-12(2)13(3,4)19-14(18-12)8-5-10(15)9(7-17)11(16)6-8/h5-6H,1-4H3. The van der Waals surface area contributed by atoms with Gasteiger partial charge < -0.3 is 9.31 Å². The molecule has 2 rings (SSSR count). The van der Waals surface area contributed by atoms with E-state index < -0.39 is 18.3 Å². The maximum atomic E-state index is 8.94. The van der Waals surface area contributed by atoms with Gasteiger partial charge in [0.15, 0.2) is 0 Å². The fourth-order valence-electron chi connectivity index (χ4n) is 1.81. The molecule has 1 saturated heterocycles. The van der Waals surface area contributed by atoms with Gasteiger partial charge in [0.05, 0.1) is 26.8 Å². The van der Waals surface area contributed by atoms with Crippen LogP contribution in [0.4, 0.5) is 0 Å². The van der Waals surface area contributed by atoms with Gasteiger partial charge in [-0.2, -0.15) is 5.26 Å². The van der Waals surface area contributed by atoms with Crippen LogP contribution in [0.3, 0.4) is 0 Å². The van der Waals surface area contributed by atoms with Crippen molar-refractivity contribution in [3.8, 4) is 6.07 Å². The van der Waals surface area contributed by atoms with Gasteiger partial charge in [-0.3, -0.25) is 0 Å². The molecule has 1 aromatic rings. The molecule has 0 atom stereocenters. The molecule has 0 saturated carbocycles. The van der Waals surface area contributed by atoms with Gasteiger partial charge in [0.25, 0.3) is 0 Å². The van der Waals surface area contributed by atoms with Crippen LogP contribution in [0.2, 0.25) is 10.0 Å². The van der Waals surface area contributed by atoms with Crippen LogP contribution in [0, 0.1) is 11.3 Å². The van der Waals surface area contributed by atoms with Gasteiger partial charge >= 0.3 is 7.12 Å². The Kier molecular flexibility index (Phi) is 3.61. The predicted octanol–water partition coefficient (Wildman–Crippen LogP) is 3.16. The van der Waals surface area contributed by atoms with E-state index in [2.05, 4.69) is 0 Å². The molecule has 0 aromatic heterocycles. The van der Waals surface area contributed by atoms with E-state index >= 15 is 0 Å². The lowest BCUT2D eigenvalue weighted by Crippen LogP contribution is -2.41. The van der Waals surface area contributed by atoms with E-state index in [0.29, 0.717) is 15.5 Å². The maximum absolute atomic E-state index is 8.94. The van der Waals surface area contributed by atoms with Crippen molar-refractivity contribution in [2.24, 2.45) is 0 Å². The minimum absolute atomic E-state index is 0.267. The highest BCUT2D eigenvalue weighted by Gasteiger charge is 2.51. The molecule has 1 aromatic carbocycles.